The van der Waals surface area contributed by atoms with Gasteiger partial charge in [0.2, 0.25) is 0 Å². The van der Waals surface area contributed by atoms with Crippen molar-refractivity contribution in [1.82, 2.24) is 0 Å². The SMILES string of the molecule is CC(C)(C)c1ccc(-c2cc(-c3ccccc3)cc3c2C(C)(C)c2cc(N(c4ccc5c(c4)C(C)(C)c4ccccc4-5)c4ccccc4-c4ccccc4)ccc2-3)cc1. The molecule has 1 nitrogen and oxygen atoms in total. The van der Waals surface area contributed by atoms with E-state index in [0.717, 1.165) is 17.1 Å². The summed E-state index contributed by atoms with van der Waals surface area (Å²) in [6.07, 6.45) is 0. The molecule has 0 aliphatic heterocycles. The van der Waals surface area contributed by atoms with Crippen molar-refractivity contribution in [1.29, 1.82) is 0 Å². The van der Waals surface area contributed by atoms with Crippen LogP contribution >= 0.6 is 0 Å². The molecule has 0 radical (unpaired) electrons. The summed E-state index contributed by atoms with van der Waals surface area (Å²) in [7, 11) is 0. The highest BCUT2D eigenvalue weighted by Crippen LogP contribution is 2.56. The third-order valence-electron chi connectivity index (χ3n) is 13.2. The first-order chi connectivity index (χ1) is 28.4. The van der Waals surface area contributed by atoms with E-state index in [-0.39, 0.29) is 16.2 Å². The number of hydrogen-bond acceptors (Lipinski definition) is 1. The van der Waals surface area contributed by atoms with E-state index in [1.807, 2.05) is 0 Å². The Kier molecular flexibility index (Phi) is 8.48. The predicted molar refractivity (Wildman–Crippen MR) is 251 cm³/mol. The van der Waals surface area contributed by atoms with Gasteiger partial charge in [0.15, 0.2) is 0 Å². The van der Waals surface area contributed by atoms with Gasteiger partial charge in [-0.2, -0.15) is 0 Å². The summed E-state index contributed by atoms with van der Waals surface area (Å²) < 4.78 is 0. The van der Waals surface area contributed by atoms with Crippen molar-refractivity contribution < 1.29 is 0 Å². The Morgan fingerprint density at radius 2 is 0.847 bits per heavy atom. The van der Waals surface area contributed by atoms with Crippen LogP contribution in [0.15, 0.2) is 182 Å². The van der Waals surface area contributed by atoms with Gasteiger partial charge in [-0.15, -0.1) is 0 Å². The normalized spacial score (nSPS) is 14.3. The van der Waals surface area contributed by atoms with Crippen molar-refractivity contribution in [2.24, 2.45) is 0 Å². The van der Waals surface area contributed by atoms with Gasteiger partial charge in [0, 0.05) is 27.8 Å². The largest absolute Gasteiger partial charge is 0.310 e. The zero-order valence-electron chi connectivity index (χ0n) is 35.3. The van der Waals surface area contributed by atoms with Gasteiger partial charge in [-0.1, -0.05) is 188 Å². The van der Waals surface area contributed by atoms with Gasteiger partial charge in [0.05, 0.1) is 5.69 Å². The molecule has 0 heterocycles. The predicted octanol–water partition coefficient (Wildman–Crippen LogP) is 16.1. The van der Waals surface area contributed by atoms with Crippen LogP contribution in [0.3, 0.4) is 0 Å². The minimum absolute atomic E-state index is 0.0852. The fraction of sp³-hybridized carbons (Fsp3) is 0.172. The number of anilines is 3. The van der Waals surface area contributed by atoms with Crippen molar-refractivity contribution in [2.45, 2.75) is 64.7 Å². The molecule has 0 unspecified atom stereocenters. The first kappa shape index (κ1) is 36.9. The van der Waals surface area contributed by atoms with Crippen LogP contribution in [0.4, 0.5) is 17.1 Å². The fourth-order valence-electron chi connectivity index (χ4n) is 10.0. The van der Waals surface area contributed by atoms with Gasteiger partial charge < -0.3 is 4.90 Å². The maximum Gasteiger partial charge on any atom is 0.0540 e. The van der Waals surface area contributed by atoms with Gasteiger partial charge in [-0.3, -0.25) is 0 Å². The van der Waals surface area contributed by atoms with Crippen molar-refractivity contribution in [3.8, 4) is 55.6 Å². The highest BCUT2D eigenvalue weighted by atomic mass is 15.1. The summed E-state index contributed by atoms with van der Waals surface area (Å²) >= 11 is 0. The lowest BCUT2D eigenvalue weighted by atomic mass is 9.77. The lowest BCUT2D eigenvalue weighted by molar-refractivity contribution is 0.590. The Hall–Kier alpha value is -6.44. The van der Waals surface area contributed by atoms with Gasteiger partial charge in [0.1, 0.15) is 0 Å². The molecule has 0 amide bonds. The maximum atomic E-state index is 2.50. The third kappa shape index (κ3) is 5.98. The Balaban J connectivity index is 1.18. The molecule has 59 heavy (non-hydrogen) atoms. The minimum Gasteiger partial charge on any atom is -0.310 e. The average Bonchev–Trinajstić information content (AvgIpc) is 3.63. The Morgan fingerprint density at radius 1 is 0.356 bits per heavy atom. The summed E-state index contributed by atoms with van der Waals surface area (Å²) in [5.41, 5.74) is 22.7. The molecule has 288 valence electrons. The molecule has 0 saturated heterocycles. The van der Waals surface area contributed by atoms with Crippen molar-refractivity contribution in [2.75, 3.05) is 4.90 Å². The molecule has 0 bridgehead atoms. The molecule has 2 aliphatic carbocycles. The maximum absolute atomic E-state index is 2.50. The quantitative estimate of drug-likeness (QED) is 0.163. The Labute approximate surface area is 350 Å². The minimum atomic E-state index is -0.264. The zero-order valence-corrected chi connectivity index (χ0v) is 35.3. The highest BCUT2D eigenvalue weighted by molar-refractivity contribution is 5.95. The Bertz CT molecular complexity index is 2890. The summed E-state index contributed by atoms with van der Waals surface area (Å²) in [6, 6.07) is 68.0. The van der Waals surface area contributed by atoms with E-state index in [9.17, 15) is 0 Å². The first-order valence-corrected chi connectivity index (χ1v) is 21.1. The smallest absolute Gasteiger partial charge is 0.0540 e. The van der Waals surface area contributed by atoms with E-state index in [2.05, 4.69) is 235 Å². The van der Waals surface area contributed by atoms with Gasteiger partial charge in [0.25, 0.3) is 0 Å². The fourth-order valence-corrected chi connectivity index (χ4v) is 10.0. The monoisotopic (exact) mass is 761 g/mol. The van der Waals surface area contributed by atoms with E-state index < -0.39 is 0 Å². The van der Waals surface area contributed by atoms with E-state index >= 15 is 0 Å². The van der Waals surface area contributed by atoms with Gasteiger partial charge in [-0.05, 0) is 126 Å². The molecular weight excluding hydrogens is 711 g/mol. The van der Waals surface area contributed by atoms with Crippen LogP contribution in [-0.4, -0.2) is 0 Å². The zero-order chi connectivity index (χ0) is 40.7. The van der Waals surface area contributed by atoms with Crippen LogP contribution < -0.4 is 4.90 Å². The molecule has 0 aromatic heterocycles. The second-order valence-corrected chi connectivity index (χ2v) is 18.6. The van der Waals surface area contributed by atoms with Crippen LogP contribution in [0.1, 0.15) is 76.3 Å². The number of para-hydroxylation sites is 1. The van der Waals surface area contributed by atoms with Crippen LogP contribution in [0.5, 0.6) is 0 Å². The van der Waals surface area contributed by atoms with E-state index in [1.165, 1.54) is 83.5 Å². The molecule has 0 atom stereocenters. The number of rotatable bonds is 6. The lowest BCUT2D eigenvalue weighted by Gasteiger charge is -2.31. The molecule has 0 fully saturated rings. The molecule has 8 aromatic rings. The molecule has 8 aromatic carbocycles. The molecule has 1 heteroatoms. The molecular formula is C58H51N. The number of nitrogens with zero attached hydrogens (tertiary/aromatic N) is 1. The second-order valence-electron chi connectivity index (χ2n) is 18.6. The number of hydrogen-bond donors (Lipinski definition) is 0. The summed E-state index contributed by atoms with van der Waals surface area (Å²) in [6.45, 7) is 16.5. The lowest BCUT2D eigenvalue weighted by Crippen LogP contribution is -2.19. The van der Waals surface area contributed by atoms with Crippen LogP contribution in [-0.2, 0) is 16.2 Å². The summed E-state index contributed by atoms with van der Waals surface area (Å²) in [5, 5.41) is 0. The van der Waals surface area contributed by atoms with E-state index in [0.29, 0.717) is 0 Å². The molecule has 0 saturated carbocycles. The first-order valence-electron chi connectivity index (χ1n) is 21.1. The highest BCUT2D eigenvalue weighted by Gasteiger charge is 2.40. The van der Waals surface area contributed by atoms with Crippen LogP contribution in [0.25, 0.3) is 55.6 Å². The van der Waals surface area contributed by atoms with Crippen molar-refractivity contribution >= 4 is 17.1 Å². The average molecular weight is 762 g/mol. The number of benzene rings is 8. The third-order valence-corrected chi connectivity index (χ3v) is 13.2. The Morgan fingerprint density at radius 3 is 1.49 bits per heavy atom. The molecule has 0 spiro atoms. The molecule has 2 aliphatic rings. The van der Waals surface area contributed by atoms with E-state index in [4.69, 9.17) is 0 Å². The van der Waals surface area contributed by atoms with E-state index in [1.54, 1.807) is 0 Å². The number of fused-ring (bicyclic) bond motifs is 6. The van der Waals surface area contributed by atoms with Crippen molar-refractivity contribution in [3.05, 3.63) is 210 Å². The van der Waals surface area contributed by atoms with Gasteiger partial charge in [-0.25, -0.2) is 0 Å². The summed E-state index contributed by atoms with van der Waals surface area (Å²) in [5.74, 6) is 0. The van der Waals surface area contributed by atoms with Gasteiger partial charge >= 0.3 is 0 Å². The molecule has 0 N–H and O–H groups in total. The topological polar surface area (TPSA) is 3.24 Å². The summed E-state index contributed by atoms with van der Waals surface area (Å²) in [4.78, 5) is 2.50. The molecule has 10 rings (SSSR count). The van der Waals surface area contributed by atoms with Crippen LogP contribution in [0.2, 0.25) is 0 Å². The van der Waals surface area contributed by atoms with Crippen molar-refractivity contribution in [3.63, 3.8) is 0 Å². The van der Waals surface area contributed by atoms with Crippen LogP contribution in [0, 0.1) is 0 Å². The second kappa shape index (κ2) is 13.6. The standard InChI is InChI=1S/C58H51N/c1-56(2,3)42-28-26-40(27-29-42)49-34-41(38-18-10-8-11-19-38)35-50-48-33-31-44(37-53(48)58(6,7)55(49)50)59(54-25-17-15-22-45(54)39-20-12-9-13-21-39)43-30-32-47-46-23-14-16-24-51(46)57(4,5)52(47)36-43/h8-37H,1-7H3.